The minimum atomic E-state index is 0.702. The number of nitrogens with one attached hydrogen (secondary N) is 1. The highest BCUT2D eigenvalue weighted by molar-refractivity contribution is 5.84. The maximum atomic E-state index is 3.80. The molecular formula is C23H28N2. The van der Waals surface area contributed by atoms with Gasteiger partial charge in [0.1, 0.15) is 0 Å². The third-order valence-electron chi connectivity index (χ3n) is 5.49. The molecule has 1 aromatic heterocycles. The lowest BCUT2D eigenvalue weighted by Crippen LogP contribution is -2.30. The van der Waals surface area contributed by atoms with Crippen LogP contribution in [-0.4, -0.2) is 10.6 Å². The maximum Gasteiger partial charge on any atom is 0.0486 e. The lowest BCUT2D eigenvalue weighted by molar-refractivity contribution is 0.372. The second kappa shape index (κ2) is 7.45. The fourth-order valence-electron chi connectivity index (χ4n) is 4.16. The zero-order valence-corrected chi connectivity index (χ0v) is 15.2. The van der Waals surface area contributed by atoms with E-state index in [1.165, 1.54) is 59.7 Å². The molecule has 4 rings (SSSR count). The van der Waals surface area contributed by atoms with Crippen molar-refractivity contribution in [3.05, 3.63) is 71.4 Å². The normalized spacial score (nSPS) is 15.7. The first-order valence-corrected chi connectivity index (χ1v) is 9.65. The van der Waals surface area contributed by atoms with Crippen LogP contribution >= 0.6 is 0 Å². The summed E-state index contributed by atoms with van der Waals surface area (Å²) in [5, 5.41) is 5.19. The van der Waals surface area contributed by atoms with Gasteiger partial charge >= 0.3 is 0 Å². The number of hydrogen-bond acceptors (Lipinski definition) is 1. The van der Waals surface area contributed by atoms with Crippen LogP contribution in [0.1, 0.15) is 48.8 Å². The highest BCUT2D eigenvalue weighted by atomic mass is 15.0. The Morgan fingerprint density at radius 1 is 1.00 bits per heavy atom. The molecule has 1 fully saturated rings. The molecule has 3 aromatic rings. The van der Waals surface area contributed by atoms with Gasteiger partial charge in [-0.05, 0) is 37.0 Å². The summed E-state index contributed by atoms with van der Waals surface area (Å²) < 4.78 is 2.40. The molecule has 25 heavy (non-hydrogen) atoms. The van der Waals surface area contributed by atoms with E-state index in [0.29, 0.717) is 6.04 Å². The molecule has 0 bridgehead atoms. The molecule has 2 nitrogen and oxygen atoms in total. The summed E-state index contributed by atoms with van der Waals surface area (Å²) in [6.07, 6.45) is 9.19. The quantitative estimate of drug-likeness (QED) is 0.660. The Morgan fingerprint density at radius 2 is 1.84 bits per heavy atom. The first-order chi connectivity index (χ1) is 12.3. The van der Waals surface area contributed by atoms with Crippen LogP contribution in [0.5, 0.6) is 0 Å². The van der Waals surface area contributed by atoms with Gasteiger partial charge in [0.05, 0.1) is 0 Å². The molecule has 2 heteroatoms. The topological polar surface area (TPSA) is 17.0 Å². The van der Waals surface area contributed by atoms with Crippen LogP contribution < -0.4 is 5.32 Å². The van der Waals surface area contributed by atoms with Gasteiger partial charge in [-0.15, -0.1) is 0 Å². The fraction of sp³-hybridized carbons (Fsp3) is 0.391. The van der Waals surface area contributed by atoms with Gasteiger partial charge in [0.25, 0.3) is 0 Å². The van der Waals surface area contributed by atoms with Crippen LogP contribution in [0.15, 0.2) is 54.7 Å². The van der Waals surface area contributed by atoms with Gasteiger partial charge in [0, 0.05) is 36.2 Å². The van der Waals surface area contributed by atoms with Gasteiger partial charge in [-0.1, -0.05) is 67.3 Å². The van der Waals surface area contributed by atoms with E-state index in [2.05, 4.69) is 71.5 Å². The van der Waals surface area contributed by atoms with E-state index in [0.717, 1.165) is 13.1 Å². The standard InChI is InChI=1S/C23H28N2/c1-18-8-7-9-19(14-18)16-25-17-20(22-12-5-6-13-23(22)25)15-24-21-10-3-2-4-11-21/h5-9,12-14,17,21,24H,2-4,10-11,15-16H2,1H3. The van der Waals surface area contributed by atoms with E-state index < -0.39 is 0 Å². The minimum Gasteiger partial charge on any atom is -0.343 e. The number of benzene rings is 2. The van der Waals surface area contributed by atoms with Crippen LogP contribution in [-0.2, 0) is 13.1 Å². The number of aromatic nitrogens is 1. The second-order valence-corrected chi connectivity index (χ2v) is 7.50. The van der Waals surface area contributed by atoms with Crippen molar-refractivity contribution in [2.45, 2.75) is 58.2 Å². The molecule has 1 heterocycles. The minimum absolute atomic E-state index is 0.702. The van der Waals surface area contributed by atoms with Crippen LogP contribution in [0.2, 0.25) is 0 Å². The third-order valence-corrected chi connectivity index (χ3v) is 5.49. The van der Waals surface area contributed by atoms with Crippen LogP contribution in [0.4, 0.5) is 0 Å². The molecule has 0 saturated heterocycles. The third kappa shape index (κ3) is 3.80. The Bertz CT molecular complexity index is 840. The van der Waals surface area contributed by atoms with Crippen molar-refractivity contribution in [2.75, 3.05) is 0 Å². The monoisotopic (exact) mass is 332 g/mol. The average Bonchev–Trinajstić information content (AvgIpc) is 2.99. The Morgan fingerprint density at radius 3 is 2.68 bits per heavy atom. The molecule has 1 aliphatic rings. The predicted octanol–water partition coefficient (Wildman–Crippen LogP) is 5.42. The Hall–Kier alpha value is -2.06. The van der Waals surface area contributed by atoms with Crippen molar-refractivity contribution in [1.29, 1.82) is 0 Å². The molecule has 0 aliphatic heterocycles. The van der Waals surface area contributed by atoms with E-state index in [4.69, 9.17) is 0 Å². The molecule has 0 spiro atoms. The molecule has 130 valence electrons. The van der Waals surface area contributed by atoms with Crippen molar-refractivity contribution in [3.63, 3.8) is 0 Å². The lowest BCUT2D eigenvalue weighted by atomic mass is 9.95. The Kier molecular flexibility index (Phi) is 4.89. The molecule has 0 atom stereocenters. The van der Waals surface area contributed by atoms with E-state index in [1.807, 2.05) is 0 Å². The van der Waals surface area contributed by atoms with Crippen molar-refractivity contribution in [3.8, 4) is 0 Å². The molecular weight excluding hydrogens is 304 g/mol. The molecule has 0 radical (unpaired) electrons. The van der Waals surface area contributed by atoms with Gasteiger partial charge in [0.15, 0.2) is 0 Å². The molecule has 1 aliphatic carbocycles. The number of rotatable bonds is 5. The van der Waals surface area contributed by atoms with Gasteiger partial charge in [-0.3, -0.25) is 0 Å². The maximum absolute atomic E-state index is 3.80. The largest absolute Gasteiger partial charge is 0.343 e. The van der Waals surface area contributed by atoms with E-state index >= 15 is 0 Å². The van der Waals surface area contributed by atoms with Crippen molar-refractivity contribution >= 4 is 10.9 Å². The average molecular weight is 332 g/mol. The van der Waals surface area contributed by atoms with Crippen LogP contribution in [0.25, 0.3) is 10.9 Å². The van der Waals surface area contributed by atoms with E-state index in [1.54, 1.807) is 0 Å². The molecule has 0 unspecified atom stereocenters. The summed E-state index contributed by atoms with van der Waals surface area (Å²) in [7, 11) is 0. The number of fused-ring (bicyclic) bond motifs is 1. The molecule has 0 amide bonds. The summed E-state index contributed by atoms with van der Waals surface area (Å²) >= 11 is 0. The van der Waals surface area contributed by atoms with E-state index in [-0.39, 0.29) is 0 Å². The van der Waals surface area contributed by atoms with Crippen LogP contribution in [0, 0.1) is 6.92 Å². The van der Waals surface area contributed by atoms with Crippen molar-refractivity contribution < 1.29 is 0 Å². The predicted molar refractivity (Wildman–Crippen MR) is 106 cm³/mol. The van der Waals surface area contributed by atoms with Crippen molar-refractivity contribution in [2.24, 2.45) is 0 Å². The SMILES string of the molecule is Cc1cccc(Cn2cc(CNC3CCCCC3)c3ccccc32)c1. The zero-order valence-electron chi connectivity index (χ0n) is 15.2. The zero-order chi connectivity index (χ0) is 17.1. The summed E-state index contributed by atoms with van der Waals surface area (Å²) in [5.41, 5.74) is 5.46. The van der Waals surface area contributed by atoms with Gasteiger partial charge in [-0.2, -0.15) is 0 Å². The number of nitrogens with zero attached hydrogens (tertiary/aromatic N) is 1. The highest BCUT2D eigenvalue weighted by Gasteiger charge is 2.14. The number of aryl methyl sites for hydroxylation is 1. The summed E-state index contributed by atoms with van der Waals surface area (Å²) in [4.78, 5) is 0. The summed E-state index contributed by atoms with van der Waals surface area (Å²) in [5.74, 6) is 0. The van der Waals surface area contributed by atoms with Gasteiger partial charge in [-0.25, -0.2) is 0 Å². The van der Waals surface area contributed by atoms with Crippen molar-refractivity contribution in [1.82, 2.24) is 9.88 Å². The smallest absolute Gasteiger partial charge is 0.0486 e. The Labute approximate surface area is 150 Å². The van der Waals surface area contributed by atoms with Gasteiger partial charge in [0.2, 0.25) is 0 Å². The number of hydrogen-bond donors (Lipinski definition) is 1. The summed E-state index contributed by atoms with van der Waals surface area (Å²) in [6, 6.07) is 18.3. The first kappa shape index (κ1) is 16.4. The highest BCUT2D eigenvalue weighted by Crippen LogP contribution is 2.24. The summed E-state index contributed by atoms with van der Waals surface area (Å²) in [6.45, 7) is 4.08. The van der Waals surface area contributed by atoms with Crippen LogP contribution in [0.3, 0.4) is 0 Å². The molecule has 2 aromatic carbocycles. The van der Waals surface area contributed by atoms with Gasteiger partial charge < -0.3 is 9.88 Å². The number of para-hydroxylation sites is 1. The lowest BCUT2D eigenvalue weighted by Gasteiger charge is -2.22. The van der Waals surface area contributed by atoms with E-state index in [9.17, 15) is 0 Å². The molecule has 1 saturated carbocycles. The molecule has 1 N–H and O–H groups in total. The Balaban J connectivity index is 1.57. The second-order valence-electron chi connectivity index (χ2n) is 7.50. The fourth-order valence-corrected chi connectivity index (χ4v) is 4.16. The first-order valence-electron chi connectivity index (χ1n) is 9.65.